The molecule has 4 heterocycles. The molecule has 0 radical (unpaired) electrons. The minimum atomic E-state index is -0.847. The van der Waals surface area contributed by atoms with Crippen molar-refractivity contribution in [2.75, 3.05) is 31.3 Å². The Kier molecular flexibility index (Phi) is 16.5. The fourth-order valence-electron chi connectivity index (χ4n) is 11.8. The van der Waals surface area contributed by atoms with Gasteiger partial charge in [0.2, 0.25) is 0 Å². The Bertz CT molecular complexity index is 3770. The number of hydrogen-bond donors (Lipinski definition) is 3. The van der Waals surface area contributed by atoms with Crippen LogP contribution in [0, 0.1) is 0 Å². The van der Waals surface area contributed by atoms with Crippen LogP contribution < -0.4 is 10.6 Å². The van der Waals surface area contributed by atoms with Crippen LogP contribution in [-0.4, -0.2) is 72.1 Å². The number of pyridine rings is 2. The normalized spacial score (nSPS) is 12.3. The van der Waals surface area contributed by atoms with Gasteiger partial charge in [-0.3, -0.25) is 0 Å². The van der Waals surface area contributed by atoms with Gasteiger partial charge in [-0.2, -0.15) is 0 Å². The Morgan fingerprint density at radius 3 is 1.01 bits per heavy atom. The number of aromatic nitrogens is 8. The average molecular weight is 1080 g/mol. The van der Waals surface area contributed by atoms with Crippen molar-refractivity contribution < 1.29 is 9.90 Å². The zero-order chi connectivity index (χ0) is 56.1. The lowest BCUT2D eigenvalue weighted by molar-refractivity contribution is -0.107. The standard InChI is InChI=1S/C35H33N5O.C35H31N5O/c2*1-36-32-25-31(30(23-14-24-41)26-15-6-2-7-16-26)33-34(37-32)40(39-38-33)35(27-17-8-3-9-18-27,28-19-10-4-11-20-28)29-21-12-5-13-22-29/h2-13,15-22,25,30,41H,14,23-24H2,1H3,(H,36,37);2-13,15-22,24-25,30H,14,23H2,1H3,(H,36,37)/t2*30-/m11/s1. The highest BCUT2D eigenvalue weighted by molar-refractivity contribution is 5.81. The zero-order valence-corrected chi connectivity index (χ0v) is 45.9. The molecule has 82 heavy (non-hydrogen) atoms. The molecule has 0 unspecified atom stereocenters. The van der Waals surface area contributed by atoms with Crippen molar-refractivity contribution in [3.63, 3.8) is 0 Å². The van der Waals surface area contributed by atoms with Gasteiger partial charge in [0, 0.05) is 39.0 Å². The number of fused-ring (bicyclic) bond motifs is 2. The van der Waals surface area contributed by atoms with Crippen LogP contribution in [0.3, 0.4) is 0 Å². The summed E-state index contributed by atoms with van der Waals surface area (Å²) in [5.74, 6) is 1.42. The van der Waals surface area contributed by atoms with Crippen molar-refractivity contribution in [1.82, 2.24) is 40.0 Å². The Balaban J connectivity index is 0.000000172. The number of anilines is 2. The van der Waals surface area contributed by atoms with Crippen molar-refractivity contribution >= 4 is 40.2 Å². The molecular formula is C70H64N10O2. The summed E-state index contributed by atoms with van der Waals surface area (Å²) in [5.41, 5.74) is 11.8. The first-order valence-electron chi connectivity index (χ1n) is 27.9. The molecule has 0 saturated carbocycles. The van der Waals surface area contributed by atoms with E-state index in [1.807, 2.05) is 90.2 Å². The smallest absolute Gasteiger partial charge is 0.182 e. The molecule has 8 aromatic carbocycles. The quantitative estimate of drug-likeness (QED) is 0.0497. The summed E-state index contributed by atoms with van der Waals surface area (Å²) in [7, 11) is 3.75. The molecule has 12 aromatic rings. The van der Waals surface area contributed by atoms with Crippen molar-refractivity contribution in [2.45, 2.75) is 48.6 Å². The Hall–Kier alpha value is -9.91. The second-order valence-electron chi connectivity index (χ2n) is 20.2. The van der Waals surface area contributed by atoms with Crippen molar-refractivity contribution in [2.24, 2.45) is 0 Å². The molecule has 4 aromatic heterocycles. The largest absolute Gasteiger partial charge is 0.396 e. The van der Waals surface area contributed by atoms with E-state index in [2.05, 4.69) is 199 Å². The monoisotopic (exact) mass is 1080 g/mol. The molecule has 0 aliphatic carbocycles. The van der Waals surface area contributed by atoms with Crippen molar-refractivity contribution in [1.29, 1.82) is 0 Å². The first-order valence-corrected chi connectivity index (χ1v) is 27.9. The summed E-state index contributed by atoms with van der Waals surface area (Å²) < 4.78 is 3.95. The van der Waals surface area contributed by atoms with E-state index in [-0.39, 0.29) is 18.4 Å². The number of aliphatic hydroxyl groups excluding tert-OH is 1. The second kappa shape index (κ2) is 25.0. The minimum Gasteiger partial charge on any atom is -0.396 e. The van der Waals surface area contributed by atoms with Gasteiger partial charge in [-0.25, -0.2) is 19.3 Å². The van der Waals surface area contributed by atoms with Crippen LogP contribution in [0.1, 0.15) is 93.2 Å². The molecular weight excluding hydrogens is 1010 g/mol. The van der Waals surface area contributed by atoms with Crippen LogP contribution in [0.25, 0.3) is 22.3 Å². The molecule has 0 fully saturated rings. The van der Waals surface area contributed by atoms with E-state index in [0.29, 0.717) is 36.4 Å². The first-order chi connectivity index (χ1) is 40.5. The van der Waals surface area contributed by atoms with Gasteiger partial charge in [0.15, 0.2) is 11.3 Å². The van der Waals surface area contributed by atoms with Gasteiger partial charge in [-0.1, -0.05) is 253 Å². The molecule has 406 valence electrons. The highest BCUT2D eigenvalue weighted by Gasteiger charge is 2.43. The van der Waals surface area contributed by atoms with Crippen molar-refractivity contribution in [3.8, 4) is 0 Å². The van der Waals surface area contributed by atoms with Crippen LogP contribution in [0.4, 0.5) is 11.6 Å². The number of aldehydes is 1. The van der Waals surface area contributed by atoms with E-state index in [4.69, 9.17) is 30.6 Å². The number of hydrogen-bond acceptors (Lipinski definition) is 10. The van der Waals surface area contributed by atoms with E-state index >= 15 is 0 Å². The van der Waals surface area contributed by atoms with Crippen molar-refractivity contribution in [3.05, 3.63) is 310 Å². The van der Waals surface area contributed by atoms with Gasteiger partial charge in [0.05, 0.1) is 0 Å². The average Bonchev–Trinajstić information content (AvgIpc) is 2.75. The van der Waals surface area contributed by atoms with E-state index in [1.165, 1.54) is 5.56 Å². The minimum absolute atomic E-state index is 0.0191. The van der Waals surface area contributed by atoms with Crippen LogP contribution in [-0.2, 0) is 15.9 Å². The fraction of sp³-hybridized carbons (Fsp3) is 0.157. The summed E-state index contributed by atoms with van der Waals surface area (Å²) in [6.45, 7) is 0.127. The molecule has 3 N–H and O–H groups in total. The van der Waals surface area contributed by atoms with Gasteiger partial charge in [-0.05, 0) is 87.0 Å². The van der Waals surface area contributed by atoms with E-state index in [0.717, 1.165) is 79.6 Å². The third kappa shape index (κ3) is 10.3. The summed E-state index contributed by atoms with van der Waals surface area (Å²) in [4.78, 5) is 21.7. The molecule has 0 bridgehead atoms. The lowest BCUT2D eigenvalue weighted by Crippen LogP contribution is -2.39. The van der Waals surface area contributed by atoms with Gasteiger partial charge in [0.25, 0.3) is 0 Å². The molecule has 0 aliphatic heterocycles. The van der Waals surface area contributed by atoms with Crippen LogP contribution in [0.5, 0.6) is 0 Å². The first kappa shape index (κ1) is 54.1. The summed E-state index contributed by atoms with van der Waals surface area (Å²) in [6, 6.07) is 87.3. The third-order valence-electron chi connectivity index (χ3n) is 15.6. The summed E-state index contributed by atoms with van der Waals surface area (Å²) in [6.07, 6.45) is 3.53. The molecule has 0 aliphatic rings. The lowest BCUT2D eigenvalue weighted by atomic mass is 9.77. The molecule has 0 spiro atoms. The predicted molar refractivity (Wildman–Crippen MR) is 327 cm³/mol. The van der Waals surface area contributed by atoms with Gasteiger partial charge >= 0.3 is 0 Å². The lowest BCUT2D eigenvalue weighted by Gasteiger charge is -2.36. The third-order valence-corrected chi connectivity index (χ3v) is 15.6. The van der Waals surface area contributed by atoms with Gasteiger partial charge in [0.1, 0.15) is 40.0 Å². The molecule has 12 heteroatoms. The number of nitrogens with one attached hydrogen (secondary N) is 2. The van der Waals surface area contributed by atoms with Crippen LogP contribution in [0.2, 0.25) is 0 Å². The predicted octanol–water partition coefficient (Wildman–Crippen LogP) is 13.4. The fourth-order valence-corrected chi connectivity index (χ4v) is 11.8. The number of aliphatic hydroxyl groups is 1. The van der Waals surface area contributed by atoms with Crippen LogP contribution >= 0.6 is 0 Å². The topological polar surface area (TPSA) is 149 Å². The zero-order valence-electron chi connectivity index (χ0n) is 45.9. The summed E-state index contributed by atoms with van der Waals surface area (Å²) in [5, 5.41) is 35.8. The Morgan fingerprint density at radius 1 is 0.439 bits per heavy atom. The molecule has 0 amide bonds. The van der Waals surface area contributed by atoms with E-state index in [9.17, 15) is 9.90 Å². The van der Waals surface area contributed by atoms with E-state index in [1.54, 1.807) is 0 Å². The Morgan fingerprint density at radius 2 is 0.732 bits per heavy atom. The Labute approximate surface area is 478 Å². The maximum Gasteiger partial charge on any atom is 0.182 e. The van der Waals surface area contributed by atoms with E-state index < -0.39 is 11.1 Å². The number of carbonyl (C=O) groups excluding carboxylic acids is 1. The number of nitrogens with zero attached hydrogens (tertiary/aromatic N) is 8. The van der Waals surface area contributed by atoms with Gasteiger partial charge < -0.3 is 20.5 Å². The molecule has 2 atom stereocenters. The SMILES string of the molecule is CNc1cc([C@H](CCC=O)c2ccccc2)c2nnn(C(c3ccccc3)(c3ccccc3)c3ccccc3)c2n1.CNc1cc([C@H](CCCO)c2ccccc2)c2nnn(C(c3ccccc3)(c3ccccc3)c3ccccc3)c2n1. The second-order valence-corrected chi connectivity index (χ2v) is 20.2. The number of benzene rings is 8. The highest BCUT2D eigenvalue weighted by Crippen LogP contribution is 2.45. The number of rotatable bonds is 20. The molecule has 12 rings (SSSR count). The molecule has 12 nitrogen and oxygen atoms in total. The maximum absolute atomic E-state index is 11.5. The summed E-state index contributed by atoms with van der Waals surface area (Å²) >= 11 is 0. The number of carbonyl (C=O) groups is 1. The highest BCUT2D eigenvalue weighted by atomic mass is 16.3. The molecule has 0 saturated heterocycles. The van der Waals surface area contributed by atoms with Crippen LogP contribution in [0.15, 0.2) is 255 Å². The maximum atomic E-state index is 11.5. The van der Waals surface area contributed by atoms with Gasteiger partial charge in [-0.15, -0.1) is 10.2 Å².